The summed E-state index contributed by atoms with van der Waals surface area (Å²) in [6.07, 6.45) is 1.45. The number of nitrogens with one attached hydrogen (secondary N) is 1. The first-order chi connectivity index (χ1) is 8.65. The number of rotatable bonds is 6. The van der Waals surface area contributed by atoms with Crippen LogP contribution in [0.5, 0.6) is 5.75 Å². The summed E-state index contributed by atoms with van der Waals surface area (Å²) in [4.78, 5) is 11.2. The molecular weight excluding hydrogens is 230 g/mol. The van der Waals surface area contributed by atoms with Crippen LogP contribution in [0.25, 0.3) is 0 Å². The van der Waals surface area contributed by atoms with Crippen molar-refractivity contribution in [1.82, 2.24) is 5.32 Å². The van der Waals surface area contributed by atoms with Crippen molar-refractivity contribution in [2.45, 2.75) is 20.4 Å². The Bertz CT molecular complexity index is 410. The molecule has 0 amide bonds. The summed E-state index contributed by atoms with van der Waals surface area (Å²) in [5.74, 6) is 0.509. The maximum Gasteiger partial charge on any atom is 0.332 e. The van der Waals surface area contributed by atoms with Gasteiger partial charge in [-0.15, -0.1) is 0 Å². The molecule has 1 aromatic rings. The van der Waals surface area contributed by atoms with Gasteiger partial charge in [-0.2, -0.15) is 0 Å². The number of carbonyl (C=O) groups excluding carboxylic acids is 1. The molecule has 0 heterocycles. The van der Waals surface area contributed by atoms with Crippen molar-refractivity contribution in [3.05, 3.63) is 41.6 Å². The second-order valence-electron chi connectivity index (χ2n) is 3.78. The average Bonchev–Trinajstić information content (AvgIpc) is 2.37. The molecule has 0 radical (unpaired) electrons. The molecule has 1 N–H and O–H groups in total. The monoisotopic (exact) mass is 249 g/mol. The lowest BCUT2D eigenvalue weighted by Gasteiger charge is -2.07. The van der Waals surface area contributed by atoms with E-state index in [1.54, 1.807) is 14.0 Å². The number of carbonyl (C=O) groups is 1. The van der Waals surface area contributed by atoms with Crippen LogP contribution in [0.3, 0.4) is 0 Å². The molecule has 1 aromatic carbocycles. The van der Waals surface area contributed by atoms with Gasteiger partial charge in [0.25, 0.3) is 0 Å². The lowest BCUT2D eigenvalue weighted by molar-refractivity contribution is -0.137. The summed E-state index contributed by atoms with van der Waals surface area (Å²) in [6, 6.07) is 7.76. The smallest absolute Gasteiger partial charge is 0.332 e. The Hall–Kier alpha value is -1.97. The molecule has 98 valence electrons. The Morgan fingerprint density at radius 2 is 2.00 bits per heavy atom. The zero-order chi connectivity index (χ0) is 13.4. The first-order valence-electron chi connectivity index (χ1n) is 5.87. The first-order valence-corrected chi connectivity index (χ1v) is 5.87. The van der Waals surface area contributed by atoms with Crippen LogP contribution in [0.15, 0.2) is 36.0 Å². The van der Waals surface area contributed by atoms with Gasteiger partial charge in [0.15, 0.2) is 0 Å². The lowest BCUT2D eigenvalue weighted by atomic mass is 10.2. The molecule has 0 fully saturated rings. The highest BCUT2D eigenvalue weighted by Gasteiger charge is 1.98. The molecule has 0 saturated heterocycles. The van der Waals surface area contributed by atoms with Gasteiger partial charge in [-0.1, -0.05) is 12.1 Å². The minimum atomic E-state index is -0.322. The van der Waals surface area contributed by atoms with E-state index >= 15 is 0 Å². The van der Waals surface area contributed by atoms with Crippen molar-refractivity contribution in [3.8, 4) is 5.75 Å². The number of hydrogen-bond donors (Lipinski definition) is 1. The van der Waals surface area contributed by atoms with Gasteiger partial charge in [0.05, 0.1) is 13.7 Å². The minimum absolute atomic E-state index is 0.322. The van der Waals surface area contributed by atoms with Gasteiger partial charge >= 0.3 is 5.97 Å². The molecule has 0 aliphatic rings. The van der Waals surface area contributed by atoms with Crippen LogP contribution in [0, 0.1) is 0 Å². The Morgan fingerprint density at radius 1 is 1.33 bits per heavy atom. The van der Waals surface area contributed by atoms with Crippen LogP contribution in [0.1, 0.15) is 19.4 Å². The van der Waals surface area contributed by atoms with Crippen molar-refractivity contribution in [1.29, 1.82) is 0 Å². The van der Waals surface area contributed by atoms with Crippen molar-refractivity contribution in [2.75, 3.05) is 13.7 Å². The molecule has 0 aliphatic heterocycles. The molecule has 1 rings (SSSR count). The second-order valence-corrected chi connectivity index (χ2v) is 3.78. The SMILES string of the molecule is CCOC(=O)C=C(C)NCc1ccc(OC)cc1. The molecule has 0 spiro atoms. The Kier molecular flexibility index (Phi) is 5.77. The molecule has 0 atom stereocenters. The predicted octanol–water partition coefficient (Wildman–Crippen LogP) is 2.25. The number of ether oxygens (including phenoxy) is 2. The van der Waals surface area contributed by atoms with Gasteiger partial charge in [-0.25, -0.2) is 4.79 Å². The molecule has 4 heteroatoms. The third-order valence-corrected chi connectivity index (χ3v) is 2.35. The highest BCUT2D eigenvalue weighted by Crippen LogP contribution is 2.11. The summed E-state index contributed by atoms with van der Waals surface area (Å²) in [5.41, 5.74) is 1.90. The summed E-state index contributed by atoms with van der Waals surface area (Å²) in [6.45, 7) is 4.67. The number of methoxy groups -OCH3 is 1. The van der Waals surface area contributed by atoms with Crippen LogP contribution in [0.4, 0.5) is 0 Å². The minimum Gasteiger partial charge on any atom is -0.497 e. The fraction of sp³-hybridized carbons (Fsp3) is 0.357. The summed E-state index contributed by atoms with van der Waals surface area (Å²) < 4.78 is 9.90. The van der Waals surface area contributed by atoms with Crippen molar-refractivity contribution in [3.63, 3.8) is 0 Å². The molecule has 0 saturated carbocycles. The third kappa shape index (κ3) is 4.91. The van der Waals surface area contributed by atoms with Crippen molar-refractivity contribution < 1.29 is 14.3 Å². The Morgan fingerprint density at radius 3 is 2.56 bits per heavy atom. The zero-order valence-electron chi connectivity index (χ0n) is 11.0. The van der Waals surface area contributed by atoms with Crippen LogP contribution in [-0.4, -0.2) is 19.7 Å². The number of esters is 1. The molecule has 0 aliphatic carbocycles. The van der Waals surface area contributed by atoms with Gasteiger partial charge in [-0.05, 0) is 31.5 Å². The van der Waals surface area contributed by atoms with Gasteiger partial charge in [-0.3, -0.25) is 0 Å². The van der Waals surface area contributed by atoms with E-state index in [9.17, 15) is 4.79 Å². The fourth-order valence-electron chi connectivity index (χ4n) is 1.40. The maximum absolute atomic E-state index is 11.2. The van der Waals surface area contributed by atoms with Crippen LogP contribution in [-0.2, 0) is 16.1 Å². The third-order valence-electron chi connectivity index (χ3n) is 2.35. The molecular formula is C14H19NO3. The van der Waals surface area contributed by atoms with E-state index in [0.717, 1.165) is 17.0 Å². The molecule has 0 unspecified atom stereocenters. The van der Waals surface area contributed by atoms with Crippen LogP contribution < -0.4 is 10.1 Å². The fourth-order valence-corrected chi connectivity index (χ4v) is 1.40. The quantitative estimate of drug-likeness (QED) is 0.620. The van der Waals surface area contributed by atoms with E-state index < -0.39 is 0 Å². The highest BCUT2D eigenvalue weighted by atomic mass is 16.5. The molecule has 18 heavy (non-hydrogen) atoms. The predicted molar refractivity (Wildman–Crippen MR) is 70.2 cm³/mol. The zero-order valence-corrected chi connectivity index (χ0v) is 11.0. The molecule has 0 aromatic heterocycles. The maximum atomic E-state index is 11.2. The van der Waals surface area contributed by atoms with E-state index in [4.69, 9.17) is 9.47 Å². The summed E-state index contributed by atoms with van der Waals surface area (Å²) in [5, 5.41) is 3.15. The molecule has 0 bridgehead atoms. The van der Waals surface area contributed by atoms with Crippen LogP contribution >= 0.6 is 0 Å². The van der Waals surface area contributed by atoms with Crippen molar-refractivity contribution >= 4 is 5.97 Å². The number of allylic oxidation sites excluding steroid dienone is 1. The first kappa shape index (κ1) is 14.1. The lowest BCUT2D eigenvalue weighted by Crippen LogP contribution is -2.12. The standard InChI is InChI=1S/C14H19NO3/c1-4-18-14(16)9-11(2)15-10-12-5-7-13(17-3)8-6-12/h5-9,15H,4,10H2,1-3H3. The van der Waals surface area contributed by atoms with E-state index in [-0.39, 0.29) is 5.97 Å². The highest BCUT2D eigenvalue weighted by molar-refractivity contribution is 5.82. The topological polar surface area (TPSA) is 47.6 Å². The van der Waals surface area contributed by atoms with E-state index in [1.807, 2.05) is 31.2 Å². The summed E-state index contributed by atoms with van der Waals surface area (Å²) >= 11 is 0. The van der Waals surface area contributed by atoms with Gasteiger partial charge < -0.3 is 14.8 Å². The normalized spacial score (nSPS) is 10.9. The number of hydrogen-bond acceptors (Lipinski definition) is 4. The second kappa shape index (κ2) is 7.37. The Balaban J connectivity index is 2.46. The van der Waals surface area contributed by atoms with Crippen LogP contribution in [0.2, 0.25) is 0 Å². The van der Waals surface area contributed by atoms with Gasteiger partial charge in [0.1, 0.15) is 5.75 Å². The largest absolute Gasteiger partial charge is 0.497 e. The van der Waals surface area contributed by atoms with Gasteiger partial charge in [0.2, 0.25) is 0 Å². The number of benzene rings is 1. The van der Waals surface area contributed by atoms with Crippen molar-refractivity contribution in [2.24, 2.45) is 0 Å². The van der Waals surface area contributed by atoms with E-state index in [1.165, 1.54) is 6.08 Å². The van der Waals surface area contributed by atoms with E-state index in [0.29, 0.717) is 13.2 Å². The summed E-state index contributed by atoms with van der Waals surface area (Å²) in [7, 11) is 1.64. The average molecular weight is 249 g/mol. The van der Waals surface area contributed by atoms with Gasteiger partial charge in [0, 0.05) is 18.3 Å². The van der Waals surface area contributed by atoms with E-state index in [2.05, 4.69) is 5.32 Å². The Labute approximate surface area is 108 Å². The molecule has 4 nitrogen and oxygen atoms in total.